The number of amides is 2. The summed E-state index contributed by atoms with van der Waals surface area (Å²) in [6.07, 6.45) is 2.80. The molecule has 1 atom stereocenters. The van der Waals surface area contributed by atoms with Gasteiger partial charge in [-0.15, -0.1) is 0 Å². The monoisotopic (exact) mass is 566 g/mol. The lowest BCUT2D eigenvalue weighted by Gasteiger charge is -2.26. The van der Waals surface area contributed by atoms with Gasteiger partial charge in [0.15, 0.2) is 5.82 Å². The zero-order valence-electron chi connectivity index (χ0n) is 22.3. The number of carbonyl (C=O) groups is 3. The summed E-state index contributed by atoms with van der Waals surface area (Å²) in [6.45, 7) is 2.43. The molecule has 0 radical (unpaired) electrons. The van der Waals surface area contributed by atoms with E-state index in [1.807, 2.05) is 12.1 Å². The maximum absolute atomic E-state index is 16.2. The minimum Gasteiger partial charge on any atom is -0.477 e. The maximum Gasteiger partial charge on any atom is 0.414 e. The molecule has 41 heavy (non-hydrogen) atoms. The summed E-state index contributed by atoms with van der Waals surface area (Å²) in [6, 6.07) is 6.27. The Hall–Kier alpha value is -4.48. The zero-order chi connectivity index (χ0) is 29.0. The number of aromatic carboxylic acids is 1. The number of hydrogen-bond acceptors (Lipinski definition) is 6. The van der Waals surface area contributed by atoms with E-state index in [-0.39, 0.29) is 48.2 Å². The molecule has 3 aromatic rings. The third-order valence-electron chi connectivity index (χ3n) is 7.86. The molecule has 1 aliphatic carbocycles. The number of carbonyl (C=O) groups excluding carboxylic acids is 2. The van der Waals surface area contributed by atoms with Gasteiger partial charge in [-0.1, -0.05) is 6.07 Å². The third kappa shape index (κ3) is 4.87. The van der Waals surface area contributed by atoms with Crippen molar-refractivity contribution in [3.63, 3.8) is 0 Å². The molecule has 3 aliphatic rings. The van der Waals surface area contributed by atoms with Gasteiger partial charge < -0.3 is 24.6 Å². The highest BCUT2D eigenvalue weighted by atomic mass is 19.1. The van der Waals surface area contributed by atoms with Crippen LogP contribution >= 0.6 is 0 Å². The van der Waals surface area contributed by atoms with Gasteiger partial charge in [-0.2, -0.15) is 0 Å². The number of anilines is 2. The second-order valence-corrected chi connectivity index (χ2v) is 10.8. The number of ether oxygens (including phenoxy) is 1. The molecule has 3 heterocycles. The minimum absolute atomic E-state index is 0.0833. The second kappa shape index (κ2) is 10.2. The van der Waals surface area contributed by atoms with E-state index in [9.17, 15) is 24.3 Å². The molecule has 6 rings (SSSR count). The lowest BCUT2D eigenvalue weighted by molar-refractivity contribution is -0.119. The zero-order valence-corrected chi connectivity index (χ0v) is 22.3. The Morgan fingerprint density at radius 1 is 1.15 bits per heavy atom. The van der Waals surface area contributed by atoms with Crippen molar-refractivity contribution in [1.82, 2.24) is 9.88 Å². The largest absolute Gasteiger partial charge is 0.477 e. The molecule has 0 unspecified atom stereocenters. The van der Waals surface area contributed by atoms with Crippen LogP contribution in [-0.2, 0) is 22.5 Å². The predicted molar refractivity (Wildman–Crippen MR) is 145 cm³/mol. The Balaban J connectivity index is 1.32. The highest BCUT2D eigenvalue weighted by Gasteiger charge is 2.34. The lowest BCUT2D eigenvalue weighted by Crippen LogP contribution is -2.33. The van der Waals surface area contributed by atoms with Crippen LogP contribution < -0.4 is 20.5 Å². The van der Waals surface area contributed by atoms with E-state index in [0.29, 0.717) is 37.9 Å². The van der Waals surface area contributed by atoms with Crippen LogP contribution in [0.3, 0.4) is 0 Å². The van der Waals surface area contributed by atoms with E-state index in [2.05, 4.69) is 5.32 Å². The third-order valence-corrected chi connectivity index (χ3v) is 7.86. The number of aryl methyl sites for hydroxylation is 1. The molecular formula is C29H28F2N4O6. The number of aromatic nitrogens is 1. The van der Waals surface area contributed by atoms with Gasteiger partial charge in [0, 0.05) is 37.9 Å². The first-order chi connectivity index (χ1) is 19.6. The quantitative estimate of drug-likeness (QED) is 0.467. The van der Waals surface area contributed by atoms with Gasteiger partial charge in [-0.05, 0) is 55.0 Å². The smallest absolute Gasteiger partial charge is 0.414 e. The molecule has 2 aliphatic heterocycles. The number of nitrogens with zero attached hydrogens (tertiary/aromatic N) is 3. The van der Waals surface area contributed by atoms with Crippen molar-refractivity contribution >= 4 is 40.2 Å². The summed E-state index contributed by atoms with van der Waals surface area (Å²) in [5, 5.41) is 11.8. The van der Waals surface area contributed by atoms with Crippen molar-refractivity contribution in [3.8, 4) is 0 Å². The SMILES string of the molecule is CC(=O)NC[C@H]1CN(c2ccc3c(c2)CCCN(c2c(F)cc4c(=O)c(C(=O)O)cn(C5CC5)c4c2F)C3)C(=O)O1. The average Bonchev–Trinajstić information content (AvgIpc) is 3.72. The van der Waals surface area contributed by atoms with E-state index in [4.69, 9.17) is 4.74 Å². The van der Waals surface area contributed by atoms with Gasteiger partial charge in [0.1, 0.15) is 23.2 Å². The van der Waals surface area contributed by atoms with Crippen LogP contribution in [0.25, 0.3) is 10.9 Å². The molecule has 2 aromatic carbocycles. The first kappa shape index (κ1) is 26.7. The molecule has 2 amide bonds. The molecule has 1 saturated heterocycles. The van der Waals surface area contributed by atoms with Crippen LogP contribution in [0.4, 0.5) is 25.0 Å². The molecule has 0 spiro atoms. The van der Waals surface area contributed by atoms with Crippen LogP contribution in [0.5, 0.6) is 0 Å². The Bertz CT molecular complexity index is 1670. The number of nitrogens with one attached hydrogen (secondary N) is 1. The van der Waals surface area contributed by atoms with Gasteiger partial charge in [-0.3, -0.25) is 14.5 Å². The highest BCUT2D eigenvalue weighted by molar-refractivity contribution is 5.94. The van der Waals surface area contributed by atoms with Crippen LogP contribution in [-0.4, -0.2) is 53.4 Å². The molecule has 10 nitrogen and oxygen atoms in total. The van der Waals surface area contributed by atoms with Crippen LogP contribution in [0.2, 0.25) is 0 Å². The first-order valence-electron chi connectivity index (χ1n) is 13.5. The van der Waals surface area contributed by atoms with Crippen molar-refractivity contribution in [1.29, 1.82) is 0 Å². The van der Waals surface area contributed by atoms with E-state index in [0.717, 1.165) is 17.2 Å². The van der Waals surface area contributed by atoms with Crippen molar-refractivity contribution in [3.05, 3.63) is 69.0 Å². The number of halogens is 2. The Morgan fingerprint density at radius 2 is 1.93 bits per heavy atom. The average molecular weight is 567 g/mol. The Labute approximate surface area is 233 Å². The summed E-state index contributed by atoms with van der Waals surface area (Å²) in [4.78, 5) is 51.3. The fraction of sp³-hybridized carbons (Fsp3) is 0.379. The van der Waals surface area contributed by atoms with Gasteiger partial charge >= 0.3 is 12.1 Å². The summed E-state index contributed by atoms with van der Waals surface area (Å²) >= 11 is 0. The van der Waals surface area contributed by atoms with Crippen LogP contribution in [0.15, 0.2) is 35.3 Å². The summed E-state index contributed by atoms with van der Waals surface area (Å²) in [5.41, 5.74) is 0.647. The van der Waals surface area contributed by atoms with Gasteiger partial charge in [-0.25, -0.2) is 18.4 Å². The first-order valence-corrected chi connectivity index (χ1v) is 13.5. The normalized spacial score (nSPS) is 18.7. The van der Waals surface area contributed by atoms with E-state index < -0.39 is 40.8 Å². The van der Waals surface area contributed by atoms with Gasteiger partial charge in [0.05, 0.1) is 24.0 Å². The number of carboxylic acid groups (broad SMARTS) is 1. The van der Waals surface area contributed by atoms with Crippen molar-refractivity contribution in [2.24, 2.45) is 0 Å². The molecule has 1 saturated carbocycles. The van der Waals surface area contributed by atoms with Gasteiger partial charge in [0.25, 0.3) is 0 Å². The number of hydrogen-bond donors (Lipinski definition) is 2. The lowest BCUT2D eigenvalue weighted by atomic mass is 10.0. The molecule has 12 heteroatoms. The van der Waals surface area contributed by atoms with Crippen LogP contribution in [0.1, 0.15) is 53.7 Å². The molecule has 214 valence electrons. The fourth-order valence-corrected chi connectivity index (χ4v) is 5.71. The summed E-state index contributed by atoms with van der Waals surface area (Å²) in [7, 11) is 0. The summed E-state index contributed by atoms with van der Waals surface area (Å²) in [5.74, 6) is -3.47. The van der Waals surface area contributed by atoms with E-state index in [1.54, 1.807) is 11.0 Å². The number of cyclic esters (lactones) is 1. The standard InChI is InChI=1S/C29H28F2N4O6/c1-15(36)32-11-20-13-35(29(40)41-20)19-5-4-17-12-33(8-2-3-16(17)9-19)26-23(30)10-21-25(24(26)31)34(18-6-7-18)14-22(27(21)37)28(38)39/h4-5,9-10,14,18,20H,2-3,6-8,11-13H2,1H3,(H,32,36)(H,38,39)/t20-/m0/s1. The Morgan fingerprint density at radius 3 is 2.63 bits per heavy atom. The number of rotatable bonds is 6. The number of carboxylic acids is 1. The van der Waals surface area contributed by atoms with Crippen LogP contribution in [0, 0.1) is 11.6 Å². The number of fused-ring (bicyclic) bond motifs is 2. The fourth-order valence-electron chi connectivity index (χ4n) is 5.71. The van der Waals surface area contributed by atoms with Crippen molar-refractivity contribution < 1.29 is 33.0 Å². The number of benzene rings is 2. The van der Waals surface area contributed by atoms with Gasteiger partial charge in [0.2, 0.25) is 11.3 Å². The maximum atomic E-state index is 16.2. The molecule has 0 bridgehead atoms. The van der Waals surface area contributed by atoms with E-state index >= 15 is 8.78 Å². The van der Waals surface area contributed by atoms with Crippen molar-refractivity contribution in [2.75, 3.05) is 29.4 Å². The molecule has 1 aromatic heterocycles. The Kier molecular flexibility index (Phi) is 6.63. The van der Waals surface area contributed by atoms with Crippen molar-refractivity contribution in [2.45, 2.75) is 51.3 Å². The second-order valence-electron chi connectivity index (χ2n) is 10.8. The predicted octanol–water partition coefficient (Wildman–Crippen LogP) is 3.73. The number of pyridine rings is 1. The minimum atomic E-state index is -1.44. The molecular weight excluding hydrogens is 538 g/mol. The molecule has 2 fully saturated rings. The molecule has 2 N–H and O–H groups in total. The highest BCUT2D eigenvalue weighted by Crippen LogP contribution is 2.40. The topological polar surface area (TPSA) is 121 Å². The summed E-state index contributed by atoms with van der Waals surface area (Å²) < 4.78 is 38.5. The van der Waals surface area contributed by atoms with E-state index in [1.165, 1.54) is 22.6 Å².